The van der Waals surface area contributed by atoms with Crippen LogP contribution in [0.15, 0.2) is 73.3 Å². The molecule has 2 amide bonds. The third-order valence-electron chi connectivity index (χ3n) is 6.22. The molecule has 0 unspecified atom stereocenters. The van der Waals surface area contributed by atoms with Gasteiger partial charge in [-0.15, -0.1) is 6.58 Å². The molecule has 0 radical (unpaired) electrons. The zero-order valence-corrected chi connectivity index (χ0v) is 19.7. The van der Waals surface area contributed by atoms with Crippen molar-refractivity contribution in [3.63, 3.8) is 0 Å². The molecule has 0 saturated carbocycles. The molecule has 7 heteroatoms. The van der Waals surface area contributed by atoms with E-state index in [1.54, 1.807) is 17.9 Å². The van der Waals surface area contributed by atoms with Gasteiger partial charge in [0.05, 0.1) is 5.41 Å². The van der Waals surface area contributed by atoms with Crippen LogP contribution in [0.3, 0.4) is 0 Å². The molecule has 2 aromatic rings. The quantitative estimate of drug-likeness (QED) is 0.446. The number of carbonyl (C=O) groups excluding carboxylic acids is 3. The Morgan fingerprint density at radius 1 is 1.06 bits per heavy atom. The first kappa shape index (κ1) is 25.0. The highest BCUT2D eigenvalue weighted by molar-refractivity contribution is 5.87. The second-order valence-electron chi connectivity index (χ2n) is 8.85. The van der Waals surface area contributed by atoms with Crippen LogP contribution in [-0.4, -0.2) is 42.0 Å². The lowest BCUT2D eigenvalue weighted by Gasteiger charge is -2.27. The van der Waals surface area contributed by atoms with Crippen LogP contribution >= 0.6 is 0 Å². The van der Waals surface area contributed by atoms with Crippen molar-refractivity contribution < 1.29 is 23.9 Å². The van der Waals surface area contributed by atoms with Gasteiger partial charge in [0.2, 0.25) is 5.91 Å². The monoisotopic (exact) mass is 464 g/mol. The van der Waals surface area contributed by atoms with Gasteiger partial charge in [0, 0.05) is 13.1 Å². The fraction of sp³-hybridized carbons (Fsp3) is 0.370. The zero-order valence-electron chi connectivity index (χ0n) is 19.7. The van der Waals surface area contributed by atoms with Gasteiger partial charge in [-0.25, -0.2) is 4.79 Å². The molecule has 1 N–H and O–H groups in total. The van der Waals surface area contributed by atoms with Crippen molar-refractivity contribution in [1.82, 2.24) is 10.2 Å². The highest BCUT2D eigenvalue weighted by atomic mass is 16.5. The topological polar surface area (TPSA) is 84.9 Å². The number of likely N-dealkylation sites (tertiary alicyclic amines) is 1. The summed E-state index contributed by atoms with van der Waals surface area (Å²) in [4.78, 5) is 39.9. The van der Waals surface area contributed by atoms with Crippen molar-refractivity contribution in [3.8, 4) is 0 Å². The van der Waals surface area contributed by atoms with Gasteiger partial charge in [0.15, 0.2) is 0 Å². The summed E-state index contributed by atoms with van der Waals surface area (Å²) >= 11 is 0. The van der Waals surface area contributed by atoms with E-state index in [2.05, 4.69) is 11.9 Å². The molecule has 1 aliphatic rings. The minimum Gasteiger partial charge on any atom is -0.460 e. The number of amides is 2. The third kappa shape index (κ3) is 6.25. The number of hydrogen-bond acceptors (Lipinski definition) is 5. The van der Waals surface area contributed by atoms with Crippen LogP contribution in [0.4, 0.5) is 4.79 Å². The molecular weight excluding hydrogens is 432 g/mol. The molecule has 3 rings (SSSR count). The molecule has 3 atom stereocenters. The van der Waals surface area contributed by atoms with Gasteiger partial charge in [-0.3, -0.25) is 9.59 Å². The fourth-order valence-electron chi connectivity index (χ4n) is 4.16. The number of esters is 1. The van der Waals surface area contributed by atoms with Gasteiger partial charge in [-0.2, -0.15) is 0 Å². The number of ether oxygens (including phenoxy) is 2. The summed E-state index contributed by atoms with van der Waals surface area (Å²) in [7, 11) is 0. The molecule has 2 aromatic carbocycles. The van der Waals surface area contributed by atoms with Crippen molar-refractivity contribution in [2.24, 2.45) is 11.3 Å². The zero-order chi connectivity index (χ0) is 24.6. The second kappa shape index (κ2) is 11.5. The Bertz CT molecular complexity index is 995. The summed E-state index contributed by atoms with van der Waals surface area (Å²) in [6, 6.07) is 18.0. The van der Waals surface area contributed by atoms with E-state index in [9.17, 15) is 14.4 Å². The van der Waals surface area contributed by atoms with E-state index in [4.69, 9.17) is 9.47 Å². The average Bonchev–Trinajstić information content (AvgIpc) is 3.19. The van der Waals surface area contributed by atoms with Crippen molar-refractivity contribution in [2.75, 3.05) is 13.1 Å². The summed E-state index contributed by atoms with van der Waals surface area (Å²) in [5, 5.41) is 2.59. The first-order valence-corrected chi connectivity index (χ1v) is 11.4. The standard InChI is InChI=1S/C27H32N2O5/c1-4-11-23-16-29(19-27(23,3)25(31)33-17-21-12-7-5-8-13-21)24(30)20(2)28-26(32)34-18-22-14-9-6-10-15-22/h4-10,12-15,20,23H,1,11,16-19H2,2-3H3,(H,28,32)/t20-,23-,27+/m0/s1. The van der Waals surface area contributed by atoms with Gasteiger partial charge in [-0.1, -0.05) is 66.7 Å². The molecule has 1 aliphatic heterocycles. The molecule has 180 valence electrons. The molecule has 1 heterocycles. The summed E-state index contributed by atoms with van der Waals surface area (Å²) in [6.07, 6.45) is 1.66. The van der Waals surface area contributed by atoms with Gasteiger partial charge in [0.1, 0.15) is 19.3 Å². The lowest BCUT2D eigenvalue weighted by Crippen LogP contribution is -2.47. The minimum absolute atomic E-state index is 0.115. The number of alkyl carbamates (subject to hydrolysis) is 1. The first-order chi connectivity index (χ1) is 16.3. The maximum atomic E-state index is 13.1. The van der Waals surface area contributed by atoms with E-state index in [1.807, 2.05) is 67.6 Å². The molecule has 34 heavy (non-hydrogen) atoms. The molecule has 7 nitrogen and oxygen atoms in total. The molecule has 1 saturated heterocycles. The van der Waals surface area contributed by atoms with E-state index in [0.717, 1.165) is 11.1 Å². The van der Waals surface area contributed by atoms with Gasteiger partial charge in [0.25, 0.3) is 0 Å². The summed E-state index contributed by atoms with van der Waals surface area (Å²) in [6.45, 7) is 8.12. The van der Waals surface area contributed by atoms with Crippen LogP contribution in [-0.2, 0) is 32.3 Å². The van der Waals surface area contributed by atoms with E-state index in [0.29, 0.717) is 13.0 Å². The van der Waals surface area contributed by atoms with E-state index in [1.165, 1.54) is 0 Å². The van der Waals surface area contributed by atoms with Crippen molar-refractivity contribution in [1.29, 1.82) is 0 Å². The van der Waals surface area contributed by atoms with Crippen molar-refractivity contribution in [2.45, 2.75) is 39.5 Å². The lowest BCUT2D eigenvalue weighted by molar-refractivity contribution is -0.158. The van der Waals surface area contributed by atoms with Crippen LogP contribution < -0.4 is 5.32 Å². The summed E-state index contributed by atoms with van der Waals surface area (Å²) in [5.74, 6) is -0.749. The van der Waals surface area contributed by atoms with Crippen LogP contribution in [0.5, 0.6) is 0 Å². The SMILES string of the molecule is C=CC[C@H]1CN(C(=O)[C@H](C)NC(=O)OCc2ccccc2)C[C@@]1(C)C(=O)OCc1ccccc1. The molecule has 1 fully saturated rings. The first-order valence-electron chi connectivity index (χ1n) is 11.4. The summed E-state index contributed by atoms with van der Waals surface area (Å²) < 4.78 is 10.8. The minimum atomic E-state index is -0.869. The number of benzene rings is 2. The van der Waals surface area contributed by atoms with Crippen LogP contribution in [0.25, 0.3) is 0 Å². The van der Waals surface area contributed by atoms with E-state index < -0.39 is 17.6 Å². The Balaban J connectivity index is 1.57. The Kier molecular flexibility index (Phi) is 8.46. The highest BCUT2D eigenvalue weighted by Crippen LogP contribution is 2.39. The van der Waals surface area contributed by atoms with Gasteiger partial charge in [-0.05, 0) is 37.3 Å². The Hall–Kier alpha value is -3.61. The Morgan fingerprint density at radius 3 is 2.18 bits per heavy atom. The third-order valence-corrected chi connectivity index (χ3v) is 6.22. The summed E-state index contributed by atoms with van der Waals surface area (Å²) in [5.41, 5.74) is 0.886. The van der Waals surface area contributed by atoms with Crippen molar-refractivity contribution >= 4 is 18.0 Å². The normalized spacial score (nSPS) is 20.3. The van der Waals surface area contributed by atoms with Crippen molar-refractivity contribution in [3.05, 3.63) is 84.4 Å². The molecule has 0 aliphatic carbocycles. The number of carbonyl (C=O) groups is 3. The number of nitrogens with zero attached hydrogens (tertiary/aromatic N) is 1. The maximum absolute atomic E-state index is 13.1. The Morgan fingerprint density at radius 2 is 1.62 bits per heavy atom. The number of hydrogen-bond donors (Lipinski definition) is 1. The number of nitrogens with one attached hydrogen (secondary N) is 1. The Labute approximate surface area is 200 Å². The van der Waals surface area contributed by atoms with E-state index in [-0.39, 0.29) is 37.6 Å². The number of allylic oxidation sites excluding steroid dienone is 1. The lowest BCUT2D eigenvalue weighted by atomic mass is 9.78. The molecule has 0 spiro atoms. The maximum Gasteiger partial charge on any atom is 0.408 e. The van der Waals surface area contributed by atoms with Gasteiger partial charge >= 0.3 is 12.1 Å². The second-order valence-corrected chi connectivity index (χ2v) is 8.85. The average molecular weight is 465 g/mol. The fourth-order valence-corrected chi connectivity index (χ4v) is 4.16. The molecule has 0 aromatic heterocycles. The largest absolute Gasteiger partial charge is 0.460 e. The van der Waals surface area contributed by atoms with Crippen LogP contribution in [0, 0.1) is 11.3 Å². The predicted molar refractivity (Wildman–Crippen MR) is 128 cm³/mol. The van der Waals surface area contributed by atoms with Crippen LogP contribution in [0.1, 0.15) is 31.4 Å². The van der Waals surface area contributed by atoms with Gasteiger partial charge < -0.3 is 19.7 Å². The molecular formula is C27H32N2O5. The highest BCUT2D eigenvalue weighted by Gasteiger charge is 2.50. The predicted octanol–water partition coefficient (Wildman–Crippen LogP) is 4.09. The number of rotatable bonds is 9. The van der Waals surface area contributed by atoms with Crippen LogP contribution in [0.2, 0.25) is 0 Å². The van der Waals surface area contributed by atoms with E-state index >= 15 is 0 Å². The smallest absolute Gasteiger partial charge is 0.408 e. The molecule has 0 bridgehead atoms.